The lowest BCUT2D eigenvalue weighted by atomic mass is 10.1. The standard InChI is InChI=1S/C19H17N5/c20-18-11-15(22-19(21)23-18)12-24-16-7-3-1-5-13(16)9-10-14-6-2-4-8-17(14)24/h1-11H,12H2,(H4,20,21,22,23). The van der Waals surface area contributed by atoms with Crippen molar-refractivity contribution in [3.05, 3.63) is 71.4 Å². The van der Waals surface area contributed by atoms with E-state index in [0.717, 1.165) is 28.2 Å². The van der Waals surface area contributed by atoms with Gasteiger partial charge in [0, 0.05) is 17.4 Å². The summed E-state index contributed by atoms with van der Waals surface area (Å²) in [6.45, 7) is 0.562. The number of rotatable bonds is 2. The number of anilines is 4. The molecule has 4 rings (SSSR count). The monoisotopic (exact) mass is 315 g/mol. The molecule has 118 valence electrons. The topological polar surface area (TPSA) is 81.1 Å². The molecule has 0 unspecified atom stereocenters. The summed E-state index contributed by atoms with van der Waals surface area (Å²) in [6.07, 6.45) is 4.27. The summed E-state index contributed by atoms with van der Waals surface area (Å²) >= 11 is 0. The molecule has 5 heteroatoms. The maximum absolute atomic E-state index is 5.82. The van der Waals surface area contributed by atoms with E-state index in [1.165, 1.54) is 0 Å². The van der Waals surface area contributed by atoms with Gasteiger partial charge in [0.1, 0.15) is 5.82 Å². The quantitative estimate of drug-likeness (QED) is 0.757. The van der Waals surface area contributed by atoms with Gasteiger partial charge in [0.2, 0.25) is 5.95 Å². The number of aromatic nitrogens is 2. The molecule has 0 atom stereocenters. The molecule has 1 aromatic heterocycles. The SMILES string of the molecule is Nc1cc(CN2c3ccccc3C=Cc3ccccc32)nc(N)n1. The number of nitrogen functional groups attached to an aromatic ring is 2. The predicted molar refractivity (Wildman–Crippen MR) is 98.5 cm³/mol. The molecule has 4 N–H and O–H groups in total. The van der Waals surface area contributed by atoms with Crippen LogP contribution in [0.2, 0.25) is 0 Å². The normalized spacial score (nSPS) is 12.4. The zero-order valence-corrected chi connectivity index (χ0v) is 13.1. The maximum Gasteiger partial charge on any atom is 0.222 e. The van der Waals surface area contributed by atoms with Crippen molar-refractivity contribution in [2.75, 3.05) is 16.4 Å². The van der Waals surface area contributed by atoms with Crippen molar-refractivity contribution in [2.45, 2.75) is 6.54 Å². The molecule has 0 saturated heterocycles. The van der Waals surface area contributed by atoms with Crippen molar-refractivity contribution in [1.82, 2.24) is 9.97 Å². The molecule has 0 amide bonds. The summed E-state index contributed by atoms with van der Waals surface area (Å²) in [5, 5.41) is 0. The van der Waals surface area contributed by atoms with Crippen molar-refractivity contribution in [3.8, 4) is 0 Å². The highest BCUT2D eigenvalue weighted by molar-refractivity contribution is 5.88. The average Bonchev–Trinajstić information content (AvgIpc) is 2.72. The molecule has 1 aliphatic heterocycles. The van der Waals surface area contributed by atoms with Gasteiger partial charge in [-0.05, 0) is 23.3 Å². The van der Waals surface area contributed by atoms with Gasteiger partial charge in [0.15, 0.2) is 0 Å². The Morgan fingerprint density at radius 3 is 1.96 bits per heavy atom. The Hall–Kier alpha value is -3.34. The first-order valence-electron chi connectivity index (χ1n) is 7.73. The van der Waals surface area contributed by atoms with Gasteiger partial charge in [-0.15, -0.1) is 0 Å². The van der Waals surface area contributed by atoms with Gasteiger partial charge in [0.05, 0.1) is 12.2 Å². The molecular weight excluding hydrogens is 298 g/mol. The van der Waals surface area contributed by atoms with Crippen LogP contribution >= 0.6 is 0 Å². The number of nitrogens with two attached hydrogens (primary N) is 2. The Balaban J connectivity index is 1.85. The van der Waals surface area contributed by atoms with Crippen molar-refractivity contribution in [2.24, 2.45) is 0 Å². The van der Waals surface area contributed by atoms with E-state index in [1.807, 2.05) is 24.3 Å². The summed E-state index contributed by atoms with van der Waals surface area (Å²) in [5.41, 5.74) is 16.9. The minimum absolute atomic E-state index is 0.194. The van der Waals surface area contributed by atoms with E-state index in [4.69, 9.17) is 11.5 Å². The third kappa shape index (κ3) is 2.56. The summed E-state index contributed by atoms with van der Waals surface area (Å²) in [7, 11) is 0. The summed E-state index contributed by atoms with van der Waals surface area (Å²) in [6, 6.07) is 18.3. The number of nitrogens with zero attached hydrogens (tertiary/aromatic N) is 3. The largest absolute Gasteiger partial charge is 0.384 e. The summed E-state index contributed by atoms with van der Waals surface area (Å²) < 4.78 is 0. The Morgan fingerprint density at radius 1 is 0.792 bits per heavy atom. The average molecular weight is 315 g/mol. The molecule has 2 heterocycles. The number of para-hydroxylation sites is 2. The first-order chi connectivity index (χ1) is 11.7. The molecular formula is C19H17N5. The van der Waals surface area contributed by atoms with E-state index < -0.39 is 0 Å². The Kier molecular flexibility index (Phi) is 3.39. The van der Waals surface area contributed by atoms with Crippen molar-refractivity contribution >= 4 is 35.3 Å². The van der Waals surface area contributed by atoms with Gasteiger partial charge in [0.25, 0.3) is 0 Å². The summed E-state index contributed by atoms with van der Waals surface area (Å²) in [4.78, 5) is 10.5. The zero-order valence-electron chi connectivity index (χ0n) is 13.1. The Bertz CT molecular complexity index is 863. The van der Waals surface area contributed by atoms with Crippen LogP contribution < -0.4 is 16.4 Å². The highest BCUT2D eigenvalue weighted by Gasteiger charge is 2.18. The van der Waals surface area contributed by atoms with Crippen molar-refractivity contribution in [3.63, 3.8) is 0 Å². The lowest BCUT2D eigenvalue weighted by Crippen LogP contribution is -2.19. The predicted octanol–water partition coefficient (Wildman–Crippen LogP) is 3.46. The fourth-order valence-electron chi connectivity index (χ4n) is 3.01. The highest BCUT2D eigenvalue weighted by Crippen LogP contribution is 2.37. The first kappa shape index (κ1) is 14.3. The van der Waals surface area contributed by atoms with Crippen LogP contribution in [0.4, 0.5) is 23.1 Å². The molecule has 24 heavy (non-hydrogen) atoms. The number of hydrogen-bond donors (Lipinski definition) is 2. The van der Waals surface area contributed by atoms with Crippen LogP contribution in [0.5, 0.6) is 0 Å². The smallest absolute Gasteiger partial charge is 0.222 e. The number of hydrogen-bond acceptors (Lipinski definition) is 5. The molecule has 5 nitrogen and oxygen atoms in total. The third-order valence-electron chi connectivity index (χ3n) is 4.03. The number of fused-ring (bicyclic) bond motifs is 2. The lowest BCUT2D eigenvalue weighted by Gasteiger charge is -2.26. The van der Waals surface area contributed by atoms with Crippen LogP contribution in [0, 0.1) is 0 Å². The van der Waals surface area contributed by atoms with Gasteiger partial charge in [-0.3, -0.25) is 0 Å². The minimum atomic E-state index is 0.194. The molecule has 0 fully saturated rings. The summed E-state index contributed by atoms with van der Waals surface area (Å²) in [5.74, 6) is 0.575. The minimum Gasteiger partial charge on any atom is -0.384 e. The van der Waals surface area contributed by atoms with Crippen molar-refractivity contribution < 1.29 is 0 Å². The second-order valence-electron chi connectivity index (χ2n) is 5.68. The van der Waals surface area contributed by atoms with Crippen LogP contribution in [0.3, 0.4) is 0 Å². The zero-order chi connectivity index (χ0) is 16.5. The molecule has 0 spiro atoms. The van der Waals surface area contributed by atoms with E-state index in [-0.39, 0.29) is 5.95 Å². The second-order valence-corrected chi connectivity index (χ2v) is 5.68. The molecule has 1 aliphatic rings. The Morgan fingerprint density at radius 2 is 1.38 bits per heavy atom. The van der Waals surface area contributed by atoms with Gasteiger partial charge in [-0.1, -0.05) is 48.6 Å². The van der Waals surface area contributed by atoms with Crippen LogP contribution in [0.25, 0.3) is 12.2 Å². The maximum atomic E-state index is 5.82. The molecule has 0 aliphatic carbocycles. The van der Waals surface area contributed by atoms with Gasteiger partial charge in [-0.25, -0.2) is 4.98 Å². The number of benzene rings is 2. The molecule has 0 bridgehead atoms. The van der Waals surface area contributed by atoms with Gasteiger partial charge < -0.3 is 16.4 Å². The van der Waals surface area contributed by atoms with E-state index in [1.54, 1.807) is 6.07 Å². The fraction of sp³-hybridized carbons (Fsp3) is 0.0526. The van der Waals surface area contributed by atoms with Crippen LogP contribution in [0.15, 0.2) is 54.6 Å². The third-order valence-corrected chi connectivity index (χ3v) is 4.03. The Labute approximate surface area is 140 Å². The van der Waals surface area contributed by atoms with E-state index in [9.17, 15) is 0 Å². The second kappa shape index (κ2) is 5.70. The molecule has 3 aromatic rings. The van der Waals surface area contributed by atoms with Crippen molar-refractivity contribution in [1.29, 1.82) is 0 Å². The van der Waals surface area contributed by atoms with Gasteiger partial charge in [-0.2, -0.15) is 4.98 Å². The van der Waals surface area contributed by atoms with Crippen LogP contribution in [0.1, 0.15) is 16.8 Å². The molecule has 0 radical (unpaired) electrons. The van der Waals surface area contributed by atoms with E-state index >= 15 is 0 Å². The van der Waals surface area contributed by atoms with E-state index in [0.29, 0.717) is 12.4 Å². The lowest BCUT2D eigenvalue weighted by molar-refractivity contribution is 0.919. The molecule has 2 aromatic carbocycles. The van der Waals surface area contributed by atoms with Crippen LogP contribution in [-0.2, 0) is 6.54 Å². The van der Waals surface area contributed by atoms with Crippen LogP contribution in [-0.4, -0.2) is 9.97 Å². The first-order valence-corrected chi connectivity index (χ1v) is 7.73. The van der Waals surface area contributed by atoms with E-state index in [2.05, 4.69) is 51.3 Å². The fourth-order valence-corrected chi connectivity index (χ4v) is 3.01. The van der Waals surface area contributed by atoms with Gasteiger partial charge >= 0.3 is 0 Å². The highest BCUT2D eigenvalue weighted by atomic mass is 15.2. The molecule has 0 saturated carbocycles.